The smallest absolute Gasteiger partial charge is 0.341 e. The molecule has 2 N–H and O–H groups in total. The molecule has 3 aromatic rings. The summed E-state index contributed by atoms with van der Waals surface area (Å²) < 4.78 is 38.4. The predicted octanol–water partition coefficient (Wildman–Crippen LogP) is 3.34. The molecule has 0 aliphatic carbocycles. The maximum absolute atomic E-state index is 12.8. The van der Waals surface area contributed by atoms with E-state index in [0.717, 1.165) is 42.1 Å². The molecule has 158 valence electrons. The molecular weight excluding hydrogens is 395 g/mol. The van der Waals surface area contributed by atoms with Crippen molar-refractivity contribution in [3.8, 4) is 0 Å². The second-order valence-corrected chi connectivity index (χ2v) is 7.38. The molecule has 0 spiro atoms. The molecule has 0 bridgehead atoms. The number of benzene rings is 2. The van der Waals surface area contributed by atoms with Crippen molar-refractivity contribution in [3.63, 3.8) is 0 Å². The van der Waals surface area contributed by atoms with Gasteiger partial charge in [-0.1, -0.05) is 18.2 Å². The molecule has 4 rings (SSSR count). The lowest BCUT2D eigenvalue weighted by Crippen LogP contribution is -2.48. The molecule has 1 aliphatic heterocycles. The number of hydrogen-bond donors (Lipinski definition) is 2. The summed E-state index contributed by atoms with van der Waals surface area (Å²) in [7, 11) is 0. The number of alkyl halides is 3. The molecule has 30 heavy (non-hydrogen) atoms. The van der Waals surface area contributed by atoms with E-state index in [-0.39, 0.29) is 18.1 Å². The maximum atomic E-state index is 12.8. The standard InChI is InChI=1S/C21H22F3N5O/c22-21(23,24)15-4-3-5-16(12-15)25-20(30)14-29-10-8-28(9-11-29)13-19-26-17-6-1-2-7-18(17)27-19/h1-7,12H,8-11,13-14H2,(H,25,30)(H,26,27). The Balaban J connectivity index is 1.26. The van der Waals surface area contributed by atoms with Gasteiger partial charge in [0.2, 0.25) is 5.91 Å². The van der Waals surface area contributed by atoms with Crippen LogP contribution in [-0.4, -0.2) is 58.4 Å². The van der Waals surface area contributed by atoms with Crippen LogP contribution in [0, 0.1) is 0 Å². The average Bonchev–Trinajstić information content (AvgIpc) is 3.11. The van der Waals surface area contributed by atoms with Crippen molar-refractivity contribution in [2.75, 3.05) is 38.0 Å². The number of nitrogens with zero attached hydrogens (tertiary/aromatic N) is 3. The minimum absolute atomic E-state index is 0.148. The molecule has 1 aromatic heterocycles. The summed E-state index contributed by atoms with van der Waals surface area (Å²) in [6.07, 6.45) is -4.43. The second kappa shape index (κ2) is 8.45. The van der Waals surface area contributed by atoms with Crippen LogP contribution in [-0.2, 0) is 17.5 Å². The minimum Gasteiger partial charge on any atom is -0.341 e. The molecule has 0 atom stereocenters. The summed E-state index contributed by atoms with van der Waals surface area (Å²) in [4.78, 5) is 24.4. The van der Waals surface area contributed by atoms with Gasteiger partial charge >= 0.3 is 6.18 Å². The number of H-pyrrole nitrogens is 1. The Labute approximate surface area is 171 Å². The van der Waals surface area contributed by atoms with Gasteiger partial charge in [-0.15, -0.1) is 0 Å². The Hall–Kier alpha value is -2.91. The number of anilines is 1. The topological polar surface area (TPSA) is 64.3 Å². The number of aromatic nitrogens is 2. The van der Waals surface area contributed by atoms with Gasteiger partial charge in [-0.25, -0.2) is 4.98 Å². The largest absolute Gasteiger partial charge is 0.416 e. The van der Waals surface area contributed by atoms with Gasteiger partial charge in [-0.05, 0) is 30.3 Å². The molecule has 0 radical (unpaired) electrons. The summed E-state index contributed by atoms with van der Waals surface area (Å²) in [5.41, 5.74) is 1.33. The van der Waals surface area contributed by atoms with Gasteiger partial charge < -0.3 is 10.3 Å². The van der Waals surface area contributed by atoms with Crippen LogP contribution in [0.1, 0.15) is 11.4 Å². The number of carbonyl (C=O) groups excluding carboxylic acids is 1. The third-order valence-corrected chi connectivity index (χ3v) is 5.12. The van der Waals surface area contributed by atoms with Crippen LogP contribution < -0.4 is 5.32 Å². The lowest BCUT2D eigenvalue weighted by Gasteiger charge is -2.33. The van der Waals surface area contributed by atoms with Gasteiger partial charge in [0, 0.05) is 31.9 Å². The van der Waals surface area contributed by atoms with E-state index in [0.29, 0.717) is 19.6 Å². The van der Waals surface area contributed by atoms with Gasteiger partial charge in [-0.2, -0.15) is 13.2 Å². The first-order valence-electron chi connectivity index (χ1n) is 9.72. The molecule has 2 heterocycles. The van der Waals surface area contributed by atoms with Gasteiger partial charge in [0.25, 0.3) is 0 Å². The van der Waals surface area contributed by atoms with Gasteiger partial charge in [0.1, 0.15) is 5.82 Å². The summed E-state index contributed by atoms with van der Waals surface area (Å²) in [6.45, 7) is 3.84. The number of amides is 1. The zero-order valence-corrected chi connectivity index (χ0v) is 16.2. The Kier molecular flexibility index (Phi) is 5.74. The fourth-order valence-electron chi connectivity index (χ4n) is 3.57. The van der Waals surface area contributed by atoms with E-state index >= 15 is 0 Å². The third kappa shape index (κ3) is 4.98. The van der Waals surface area contributed by atoms with Crippen LogP contribution in [0.3, 0.4) is 0 Å². The van der Waals surface area contributed by atoms with Crippen molar-refractivity contribution in [1.82, 2.24) is 19.8 Å². The van der Waals surface area contributed by atoms with Crippen molar-refractivity contribution in [2.24, 2.45) is 0 Å². The van der Waals surface area contributed by atoms with Gasteiger partial charge in [0.15, 0.2) is 0 Å². The number of para-hydroxylation sites is 2. The molecule has 0 unspecified atom stereocenters. The zero-order valence-electron chi connectivity index (χ0n) is 16.2. The van der Waals surface area contributed by atoms with Crippen molar-refractivity contribution >= 4 is 22.6 Å². The Morgan fingerprint density at radius 1 is 1.03 bits per heavy atom. The molecule has 1 saturated heterocycles. The number of nitrogens with one attached hydrogen (secondary N) is 2. The second-order valence-electron chi connectivity index (χ2n) is 7.38. The Bertz CT molecular complexity index is 992. The monoisotopic (exact) mass is 417 g/mol. The number of piperazine rings is 1. The van der Waals surface area contributed by atoms with Gasteiger partial charge in [-0.3, -0.25) is 14.6 Å². The van der Waals surface area contributed by atoms with Crippen molar-refractivity contribution in [1.29, 1.82) is 0 Å². The van der Waals surface area contributed by atoms with Crippen molar-refractivity contribution < 1.29 is 18.0 Å². The fourth-order valence-corrected chi connectivity index (χ4v) is 3.57. The van der Waals surface area contributed by atoms with E-state index in [1.54, 1.807) is 0 Å². The van der Waals surface area contributed by atoms with Crippen LogP contribution >= 0.6 is 0 Å². The molecule has 0 saturated carbocycles. The molecule has 9 heteroatoms. The van der Waals surface area contributed by atoms with Crippen LogP contribution in [0.15, 0.2) is 48.5 Å². The quantitative estimate of drug-likeness (QED) is 0.669. The number of rotatable bonds is 5. The van der Waals surface area contributed by atoms with E-state index in [4.69, 9.17) is 0 Å². The summed E-state index contributed by atoms with van der Waals surface area (Å²) in [6, 6.07) is 12.6. The number of hydrogen-bond acceptors (Lipinski definition) is 4. The summed E-state index contributed by atoms with van der Waals surface area (Å²) >= 11 is 0. The summed E-state index contributed by atoms with van der Waals surface area (Å²) in [5, 5.41) is 2.56. The minimum atomic E-state index is -4.43. The van der Waals surface area contributed by atoms with E-state index in [1.165, 1.54) is 12.1 Å². The lowest BCUT2D eigenvalue weighted by atomic mass is 10.2. The van der Waals surface area contributed by atoms with Crippen molar-refractivity contribution in [3.05, 3.63) is 59.9 Å². The first kappa shape index (κ1) is 20.4. The SMILES string of the molecule is O=C(CN1CCN(Cc2nc3ccccc3[nH]2)CC1)Nc1cccc(C(F)(F)F)c1. The maximum Gasteiger partial charge on any atom is 0.416 e. The van der Waals surface area contributed by atoms with Gasteiger partial charge in [0.05, 0.1) is 29.7 Å². The highest BCUT2D eigenvalue weighted by molar-refractivity contribution is 5.92. The number of halogens is 3. The first-order valence-corrected chi connectivity index (χ1v) is 9.72. The van der Waals surface area contributed by atoms with E-state index in [9.17, 15) is 18.0 Å². The molecule has 6 nitrogen and oxygen atoms in total. The van der Waals surface area contributed by atoms with E-state index in [2.05, 4.69) is 20.2 Å². The third-order valence-electron chi connectivity index (χ3n) is 5.12. The highest BCUT2D eigenvalue weighted by Gasteiger charge is 2.30. The van der Waals surface area contributed by atoms with Crippen LogP contribution in [0.25, 0.3) is 11.0 Å². The predicted molar refractivity (Wildman–Crippen MR) is 108 cm³/mol. The lowest BCUT2D eigenvalue weighted by molar-refractivity contribution is -0.137. The molecule has 1 fully saturated rings. The average molecular weight is 417 g/mol. The molecule has 1 aliphatic rings. The van der Waals surface area contributed by atoms with Crippen molar-refractivity contribution in [2.45, 2.75) is 12.7 Å². The molecular formula is C21H22F3N5O. The van der Waals surface area contributed by atoms with E-state index < -0.39 is 11.7 Å². The Morgan fingerprint density at radius 2 is 1.77 bits per heavy atom. The number of imidazole rings is 1. The summed E-state index contributed by atoms with van der Waals surface area (Å²) in [5.74, 6) is 0.590. The van der Waals surface area contributed by atoms with Crippen LogP contribution in [0.4, 0.5) is 18.9 Å². The molecule has 1 amide bonds. The first-order chi connectivity index (χ1) is 14.4. The number of carbonyl (C=O) groups is 1. The zero-order chi connectivity index (χ0) is 21.1. The Morgan fingerprint density at radius 3 is 2.50 bits per heavy atom. The molecule has 2 aromatic carbocycles. The number of fused-ring (bicyclic) bond motifs is 1. The van der Waals surface area contributed by atoms with Crippen LogP contribution in [0.5, 0.6) is 0 Å². The highest BCUT2D eigenvalue weighted by Crippen LogP contribution is 2.30. The fraction of sp³-hybridized carbons (Fsp3) is 0.333. The number of aromatic amines is 1. The highest BCUT2D eigenvalue weighted by atomic mass is 19.4. The van der Waals surface area contributed by atoms with E-state index in [1.807, 2.05) is 29.2 Å². The van der Waals surface area contributed by atoms with Crippen LogP contribution in [0.2, 0.25) is 0 Å². The normalized spacial score (nSPS) is 16.1.